The summed E-state index contributed by atoms with van der Waals surface area (Å²) in [6, 6.07) is 5.97. The zero-order valence-corrected chi connectivity index (χ0v) is 12.1. The molecule has 20 heavy (non-hydrogen) atoms. The summed E-state index contributed by atoms with van der Waals surface area (Å²) in [6.07, 6.45) is 6.46. The maximum atomic E-state index is 4.40. The smallest absolute Gasteiger partial charge is 0.225 e. The van der Waals surface area contributed by atoms with Crippen molar-refractivity contribution >= 4 is 5.95 Å². The highest BCUT2D eigenvalue weighted by molar-refractivity contribution is 5.28. The number of pyridine rings is 1. The maximum Gasteiger partial charge on any atom is 0.225 e. The van der Waals surface area contributed by atoms with E-state index in [0.29, 0.717) is 0 Å². The van der Waals surface area contributed by atoms with Crippen LogP contribution in [0.2, 0.25) is 0 Å². The van der Waals surface area contributed by atoms with Gasteiger partial charge in [0.25, 0.3) is 0 Å². The molecule has 2 aromatic heterocycles. The highest BCUT2D eigenvalue weighted by Gasteiger charge is 2.05. The third kappa shape index (κ3) is 4.28. The van der Waals surface area contributed by atoms with Crippen LogP contribution in [0.25, 0.3) is 0 Å². The lowest BCUT2D eigenvalue weighted by molar-refractivity contribution is 0.719. The van der Waals surface area contributed by atoms with Gasteiger partial charge in [-0.15, -0.1) is 0 Å². The number of aromatic nitrogens is 3. The molecular formula is C15H21N5. The lowest BCUT2D eigenvalue weighted by atomic mass is 10.2. The van der Waals surface area contributed by atoms with Gasteiger partial charge in [-0.25, -0.2) is 9.97 Å². The first-order chi connectivity index (χ1) is 9.79. The first-order valence-electron chi connectivity index (χ1n) is 6.92. The van der Waals surface area contributed by atoms with E-state index in [1.807, 2.05) is 48.7 Å². The van der Waals surface area contributed by atoms with Gasteiger partial charge in [0.15, 0.2) is 0 Å². The second-order valence-corrected chi connectivity index (χ2v) is 4.66. The van der Waals surface area contributed by atoms with Crippen molar-refractivity contribution in [2.75, 3.05) is 25.0 Å². The SMILES string of the molecule is CCNCc1cnc(N(C)CCc2ccccn2)nc1. The van der Waals surface area contributed by atoms with E-state index in [-0.39, 0.29) is 0 Å². The standard InChI is InChI=1S/C15H21N5/c1-3-16-10-13-11-18-15(19-12-13)20(2)9-7-14-6-4-5-8-17-14/h4-6,8,11-12,16H,3,7,9-10H2,1-2H3. The minimum Gasteiger partial charge on any atom is -0.343 e. The molecule has 2 aromatic rings. The van der Waals surface area contributed by atoms with Crippen LogP contribution in [0, 0.1) is 0 Å². The van der Waals surface area contributed by atoms with Crippen molar-refractivity contribution in [2.24, 2.45) is 0 Å². The number of nitrogens with zero attached hydrogens (tertiary/aromatic N) is 4. The molecule has 0 aromatic carbocycles. The van der Waals surface area contributed by atoms with Crippen LogP contribution in [0.5, 0.6) is 0 Å². The van der Waals surface area contributed by atoms with Gasteiger partial charge < -0.3 is 10.2 Å². The van der Waals surface area contributed by atoms with E-state index in [1.54, 1.807) is 0 Å². The van der Waals surface area contributed by atoms with Crippen LogP contribution in [0.1, 0.15) is 18.2 Å². The first-order valence-corrected chi connectivity index (χ1v) is 6.92. The molecule has 0 bridgehead atoms. The van der Waals surface area contributed by atoms with Crippen LogP contribution in [0.4, 0.5) is 5.95 Å². The van der Waals surface area contributed by atoms with Crippen LogP contribution < -0.4 is 10.2 Å². The molecule has 2 heterocycles. The van der Waals surface area contributed by atoms with Crippen molar-refractivity contribution in [3.63, 3.8) is 0 Å². The van der Waals surface area contributed by atoms with E-state index >= 15 is 0 Å². The second-order valence-electron chi connectivity index (χ2n) is 4.66. The highest BCUT2D eigenvalue weighted by atomic mass is 15.2. The number of nitrogens with one attached hydrogen (secondary N) is 1. The van der Waals surface area contributed by atoms with Crippen molar-refractivity contribution in [1.82, 2.24) is 20.3 Å². The minimum atomic E-state index is 0.751. The van der Waals surface area contributed by atoms with Gasteiger partial charge in [-0.2, -0.15) is 0 Å². The molecule has 5 nitrogen and oxygen atoms in total. The Morgan fingerprint density at radius 1 is 1.15 bits per heavy atom. The fraction of sp³-hybridized carbons (Fsp3) is 0.400. The summed E-state index contributed by atoms with van der Waals surface area (Å²) < 4.78 is 0. The lowest BCUT2D eigenvalue weighted by Gasteiger charge is -2.16. The van der Waals surface area contributed by atoms with Crippen molar-refractivity contribution in [2.45, 2.75) is 19.9 Å². The van der Waals surface area contributed by atoms with Crippen LogP contribution in [-0.2, 0) is 13.0 Å². The van der Waals surface area contributed by atoms with Gasteiger partial charge >= 0.3 is 0 Å². The Labute approximate surface area is 120 Å². The lowest BCUT2D eigenvalue weighted by Crippen LogP contribution is -2.23. The van der Waals surface area contributed by atoms with Gasteiger partial charge in [0.05, 0.1) is 0 Å². The van der Waals surface area contributed by atoms with E-state index in [1.165, 1.54) is 0 Å². The summed E-state index contributed by atoms with van der Waals surface area (Å²) in [5.41, 5.74) is 2.19. The van der Waals surface area contributed by atoms with Crippen LogP contribution in [-0.4, -0.2) is 35.1 Å². The average molecular weight is 271 g/mol. The summed E-state index contributed by atoms with van der Waals surface area (Å²) in [5.74, 6) is 0.751. The molecule has 0 aliphatic heterocycles. The van der Waals surface area contributed by atoms with Crippen molar-refractivity contribution in [3.8, 4) is 0 Å². The Hall–Kier alpha value is -2.01. The van der Waals surface area contributed by atoms with Gasteiger partial charge in [0, 0.05) is 56.4 Å². The molecule has 0 aliphatic rings. The Kier molecular flexibility index (Phi) is 5.43. The summed E-state index contributed by atoms with van der Waals surface area (Å²) in [4.78, 5) is 15.2. The van der Waals surface area contributed by atoms with Crippen molar-refractivity contribution < 1.29 is 0 Å². The quantitative estimate of drug-likeness (QED) is 0.830. The van der Waals surface area contributed by atoms with Gasteiger partial charge in [-0.1, -0.05) is 13.0 Å². The largest absolute Gasteiger partial charge is 0.343 e. The highest BCUT2D eigenvalue weighted by Crippen LogP contribution is 2.06. The third-order valence-electron chi connectivity index (χ3n) is 3.04. The van der Waals surface area contributed by atoms with Crippen molar-refractivity contribution in [3.05, 3.63) is 48.0 Å². The molecule has 106 valence electrons. The Balaban J connectivity index is 1.87. The fourth-order valence-corrected chi connectivity index (χ4v) is 1.83. The number of anilines is 1. The van der Waals surface area contributed by atoms with Gasteiger partial charge in [-0.05, 0) is 18.7 Å². The molecule has 0 unspecified atom stereocenters. The Morgan fingerprint density at radius 2 is 1.95 bits per heavy atom. The molecule has 0 fully saturated rings. The van der Waals surface area contributed by atoms with Crippen LogP contribution >= 0.6 is 0 Å². The summed E-state index contributed by atoms with van der Waals surface area (Å²) >= 11 is 0. The molecule has 2 rings (SSSR count). The summed E-state index contributed by atoms with van der Waals surface area (Å²) in [5, 5.41) is 3.26. The molecule has 0 radical (unpaired) electrons. The molecule has 0 atom stereocenters. The third-order valence-corrected chi connectivity index (χ3v) is 3.04. The minimum absolute atomic E-state index is 0.751. The molecule has 5 heteroatoms. The number of likely N-dealkylation sites (N-methyl/N-ethyl adjacent to an activating group) is 1. The predicted octanol–water partition coefficient (Wildman–Crippen LogP) is 1.66. The van der Waals surface area contributed by atoms with E-state index in [4.69, 9.17) is 0 Å². The zero-order valence-electron chi connectivity index (χ0n) is 12.1. The van der Waals surface area contributed by atoms with Gasteiger partial charge in [0.1, 0.15) is 0 Å². The maximum absolute atomic E-state index is 4.40. The molecule has 0 saturated heterocycles. The molecule has 0 saturated carbocycles. The van der Waals surface area contributed by atoms with Gasteiger partial charge in [0.2, 0.25) is 5.95 Å². The van der Waals surface area contributed by atoms with E-state index in [0.717, 1.165) is 43.3 Å². The zero-order chi connectivity index (χ0) is 14.2. The fourth-order valence-electron chi connectivity index (χ4n) is 1.83. The molecule has 1 N–H and O–H groups in total. The number of hydrogen-bond donors (Lipinski definition) is 1. The topological polar surface area (TPSA) is 53.9 Å². The van der Waals surface area contributed by atoms with E-state index in [2.05, 4.69) is 27.2 Å². The average Bonchev–Trinajstić information content (AvgIpc) is 2.52. The van der Waals surface area contributed by atoms with E-state index in [9.17, 15) is 0 Å². The molecule has 0 aliphatic carbocycles. The van der Waals surface area contributed by atoms with Crippen LogP contribution in [0.15, 0.2) is 36.8 Å². The summed E-state index contributed by atoms with van der Waals surface area (Å²) in [7, 11) is 2.00. The van der Waals surface area contributed by atoms with Crippen molar-refractivity contribution in [1.29, 1.82) is 0 Å². The Morgan fingerprint density at radius 3 is 2.60 bits per heavy atom. The summed E-state index contributed by atoms with van der Waals surface area (Å²) in [6.45, 7) is 4.70. The van der Waals surface area contributed by atoms with Crippen LogP contribution in [0.3, 0.4) is 0 Å². The molecular weight excluding hydrogens is 250 g/mol. The normalized spacial score (nSPS) is 10.5. The monoisotopic (exact) mass is 271 g/mol. The first kappa shape index (κ1) is 14.4. The number of rotatable bonds is 7. The Bertz CT molecular complexity index is 497. The number of hydrogen-bond acceptors (Lipinski definition) is 5. The second kappa shape index (κ2) is 7.55. The predicted molar refractivity (Wildman–Crippen MR) is 80.6 cm³/mol. The van der Waals surface area contributed by atoms with Gasteiger partial charge in [-0.3, -0.25) is 4.98 Å². The molecule has 0 amide bonds. The molecule has 0 spiro atoms. The van der Waals surface area contributed by atoms with E-state index < -0.39 is 0 Å².